The van der Waals surface area contributed by atoms with Crippen molar-refractivity contribution in [3.05, 3.63) is 59.9 Å². The van der Waals surface area contributed by atoms with Crippen molar-refractivity contribution in [2.45, 2.75) is 13.8 Å². The molecular weight excluding hydrogens is 376 g/mol. The number of para-hydroxylation sites is 1. The van der Waals surface area contributed by atoms with Gasteiger partial charge in [-0.05, 0) is 30.3 Å². The summed E-state index contributed by atoms with van der Waals surface area (Å²) in [4.78, 5) is 47.4. The highest BCUT2D eigenvalue weighted by molar-refractivity contribution is 6.07. The van der Waals surface area contributed by atoms with Gasteiger partial charge in [0.25, 0.3) is 0 Å². The molecule has 0 saturated heterocycles. The Kier molecular flexibility index (Phi) is 5.73. The van der Waals surface area contributed by atoms with Gasteiger partial charge in [-0.1, -0.05) is 18.2 Å². The molecule has 0 aliphatic heterocycles. The highest BCUT2D eigenvalue weighted by Gasteiger charge is 2.18. The number of ether oxygens (including phenoxy) is 1. The summed E-state index contributed by atoms with van der Waals surface area (Å²) in [5.74, 6) is -1.99. The fourth-order valence-corrected chi connectivity index (χ4v) is 2.72. The first-order valence-corrected chi connectivity index (χ1v) is 8.71. The number of Topliss-reactive ketones (excluding diaryl/α,β-unsaturated/α-hetero) is 1. The molecule has 29 heavy (non-hydrogen) atoms. The zero-order chi connectivity index (χ0) is 21.0. The number of furan rings is 1. The average molecular weight is 394 g/mol. The number of carbonyl (C=O) groups is 4. The van der Waals surface area contributed by atoms with Gasteiger partial charge in [0.05, 0.1) is 5.69 Å². The molecule has 0 bridgehead atoms. The largest absolute Gasteiger partial charge is 0.451 e. The van der Waals surface area contributed by atoms with E-state index in [1.165, 1.54) is 38.1 Å². The van der Waals surface area contributed by atoms with E-state index < -0.39 is 24.3 Å². The van der Waals surface area contributed by atoms with E-state index in [2.05, 4.69) is 10.6 Å². The molecule has 0 unspecified atom stereocenters. The number of hydrogen-bond acceptors (Lipinski definition) is 6. The maximum atomic E-state index is 12.5. The van der Waals surface area contributed by atoms with Crippen LogP contribution in [0.15, 0.2) is 52.9 Å². The predicted molar refractivity (Wildman–Crippen MR) is 106 cm³/mol. The first kappa shape index (κ1) is 19.8. The minimum Gasteiger partial charge on any atom is -0.451 e. The summed E-state index contributed by atoms with van der Waals surface area (Å²) >= 11 is 0. The molecule has 2 amide bonds. The molecule has 0 aliphatic rings. The van der Waals surface area contributed by atoms with Crippen LogP contribution in [0.3, 0.4) is 0 Å². The smallest absolute Gasteiger partial charge is 0.374 e. The van der Waals surface area contributed by atoms with Gasteiger partial charge < -0.3 is 19.8 Å². The number of rotatable bonds is 6. The molecule has 8 heteroatoms. The van der Waals surface area contributed by atoms with Gasteiger partial charge in [-0.15, -0.1) is 0 Å². The highest BCUT2D eigenvalue weighted by atomic mass is 16.5. The minimum absolute atomic E-state index is 0.0120. The van der Waals surface area contributed by atoms with E-state index in [1.807, 2.05) is 6.07 Å². The first-order valence-electron chi connectivity index (χ1n) is 8.71. The molecule has 8 nitrogen and oxygen atoms in total. The molecule has 0 fully saturated rings. The predicted octanol–water partition coefficient (Wildman–Crippen LogP) is 3.39. The van der Waals surface area contributed by atoms with Gasteiger partial charge in [0.15, 0.2) is 6.61 Å². The summed E-state index contributed by atoms with van der Waals surface area (Å²) in [6, 6.07) is 13.0. The lowest BCUT2D eigenvalue weighted by Crippen LogP contribution is -2.17. The second-order valence-electron chi connectivity index (χ2n) is 6.27. The quantitative estimate of drug-likeness (QED) is 0.489. The number of anilines is 2. The van der Waals surface area contributed by atoms with E-state index in [9.17, 15) is 19.2 Å². The minimum atomic E-state index is -0.773. The Bertz CT molecular complexity index is 1080. The Hall–Kier alpha value is -3.94. The number of fused-ring (bicyclic) bond motifs is 1. The summed E-state index contributed by atoms with van der Waals surface area (Å²) in [7, 11) is 0. The third-order valence-electron chi connectivity index (χ3n) is 3.91. The van der Waals surface area contributed by atoms with Crippen molar-refractivity contribution in [2.24, 2.45) is 0 Å². The van der Waals surface area contributed by atoms with Gasteiger partial charge in [-0.2, -0.15) is 0 Å². The summed E-state index contributed by atoms with van der Waals surface area (Å²) in [6.07, 6.45) is 0. The molecule has 3 rings (SSSR count). The third kappa shape index (κ3) is 4.86. The van der Waals surface area contributed by atoms with Gasteiger partial charge in [-0.25, -0.2) is 4.79 Å². The lowest BCUT2D eigenvalue weighted by molar-refractivity contribution is -0.115. The van der Waals surface area contributed by atoms with Crippen LogP contribution in [0.1, 0.15) is 34.8 Å². The molecule has 0 saturated carbocycles. The number of hydrogen-bond donors (Lipinski definition) is 2. The van der Waals surface area contributed by atoms with Crippen LogP contribution in [0.2, 0.25) is 0 Å². The van der Waals surface area contributed by atoms with Crippen molar-refractivity contribution in [2.75, 3.05) is 17.2 Å². The number of nitrogens with one attached hydrogen (secondary N) is 2. The number of esters is 1. The number of amides is 2. The molecule has 1 heterocycles. The van der Waals surface area contributed by atoms with Crippen molar-refractivity contribution < 1.29 is 28.3 Å². The van der Waals surface area contributed by atoms with Gasteiger partial charge in [0.1, 0.15) is 5.58 Å². The van der Waals surface area contributed by atoms with Crippen LogP contribution in [0.25, 0.3) is 11.0 Å². The number of carbonyl (C=O) groups excluding carboxylic acids is 4. The summed E-state index contributed by atoms with van der Waals surface area (Å²) in [5, 5.41) is 5.85. The van der Waals surface area contributed by atoms with Crippen LogP contribution >= 0.6 is 0 Å². The molecule has 2 N–H and O–H groups in total. The van der Waals surface area contributed by atoms with Crippen LogP contribution < -0.4 is 10.6 Å². The van der Waals surface area contributed by atoms with Crippen LogP contribution in [-0.4, -0.2) is 30.2 Å². The molecule has 2 aromatic carbocycles. The van der Waals surface area contributed by atoms with Crippen molar-refractivity contribution in [1.29, 1.82) is 0 Å². The molecular formula is C21H18N2O6. The molecule has 0 aliphatic carbocycles. The maximum Gasteiger partial charge on any atom is 0.374 e. The number of benzene rings is 2. The monoisotopic (exact) mass is 394 g/mol. The lowest BCUT2D eigenvalue weighted by atomic mass is 10.1. The van der Waals surface area contributed by atoms with Gasteiger partial charge in [0.2, 0.25) is 23.4 Å². The van der Waals surface area contributed by atoms with Crippen LogP contribution in [0.4, 0.5) is 11.4 Å². The fourth-order valence-electron chi connectivity index (χ4n) is 2.72. The number of ketones is 1. The van der Waals surface area contributed by atoms with Gasteiger partial charge >= 0.3 is 5.97 Å². The van der Waals surface area contributed by atoms with Crippen LogP contribution in [-0.2, 0) is 14.3 Å². The Morgan fingerprint density at radius 2 is 1.66 bits per heavy atom. The van der Waals surface area contributed by atoms with E-state index in [1.54, 1.807) is 18.2 Å². The molecule has 0 spiro atoms. The summed E-state index contributed by atoms with van der Waals surface area (Å²) < 4.78 is 10.5. The Morgan fingerprint density at radius 1 is 0.931 bits per heavy atom. The van der Waals surface area contributed by atoms with E-state index >= 15 is 0 Å². The van der Waals surface area contributed by atoms with Gasteiger partial charge in [0, 0.05) is 30.5 Å². The van der Waals surface area contributed by atoms with Gasteiger partial charge in [-0.3, -0.25) is 14.4 Å². The Balaban J connectivity index is 1.74. The lowest BCUT2D eigenvalue weighted by Gasteiger charge is -2.12. The summed E-state index contributed by atoms with van der Waals surface area (Å²) in [5.41, 5.74) is 1.30. The second kappa shape index (κ2) is 8.39. The standard InChI is InChI=1S/C21H18N2O6/c1-12(24)22-15-7-8-16(17(10-15)23-13(2)25)18(26)11-28-21(27)20-9-14-5-3-4-6-19(14)29-20/h3-10H,11H2,1-2H3,(H,22,24)(H,23,25). The molecule has 0 atom stereocenters. The SMILES string of the molecule is CC(=O)Nc1ccc(C(=O)COC(=O)c2cc3ccccc3o2)c(NC(C)=O)c1. The first-order chi connectivity index (χ1) is 13.8. The van der Waals surface area contributed by atoms with E-state index in [0.717, 1.165) is 5.39 Å². The topological polar surface area (TPSA) is 115 Å². The molecule has 1 aromatic heterocycles. The Labute approximate surface area is 165 Å². The van der Waals surface area contributed by atoms with Crippen molar-refractivity contribution in [1.82, 2.24) is 0 Å². The summed E-state index contributed by atoms with van der Waals surface area (Å²) in [6.45, 7) is 2.09. The molecule has 148 valence electrons. The van der Waals surface area contributed by atoms with E-state index in [4.69, 9.17) is 9.15 Å². The van der Waals surface area contributed by atoms with Crippen molar-refractivity contribution in [3.8, 4) is 0 Å². The van der Waals surface area contributed by atoms with Crippen molar-refractivity contribution in [3.63, 3.8) is 0 Å². The second-order valence-corrected chi connectivity index (χ2v) is 6.27. The molecule has 0 radical (unpaired) electrons. The van der Waals surface area contributed by atoms with Crippen LogP contribution in [0, 0.1) is 0 Å². The average Bonchev–Trinajstić information content (AvgIpc) is 3.09. The Morgan fingerprint density at radius 3 is 2.34 bits per heavy atom. The highest BCUT2D eigenvalue weighted by Crippen LogP contribution is 2.23. The maximum absolute atomic E-state index is 12.5. The fraction of sp³-hybridized carbons (Fsp3) is 0.143. The van der Waals surface area contributed by atoms with E-state index in [-0.39, 0.29) is 22.9 Å². The van der Waals surface area contributed by atoms with Crippen molar-refractivity contribution >= 4 is 45.9 Å². The van der Waals surface area contributed by atoms with E-state index in [0.29, 0.717) is 11.3 Å². The third-order valence-corrected chi connectivity index (χ3v) is 3.91. The normalized spacial score (nSPS) is 10.4. The van der Waals surface area contributed by atoms with Crippen LogP contribution in [0.5, 0.6) is 0 Å². The zero-order valence-electron chi connectivity index (χ0n) is 15.8. The zero-order valence-corrected chi connectivity index (χ0v) is 15.8. The molecule has 3 aromatic rings.